The molecule has 84 valence electrons. The summed E-state index contributed by atoms with van der Waals surface area (Å²) in [6, 6.07) is 9.16. The van der Waals surface area contributed by atoms with Crippen LogP contribution >= 0.6 is 0 Å². The van der Waals surface area contributed by atoms with Gasteiger partial charge in [0.05, 0.1) is 0 Å². The first-order valence-electron chi connectivity index (χ1n) is 5.75. The number of nitrogens with zero attached hydrogens (tertiary/aromatic N) is 1. The van der Waals surface area contributed by atoms with Crippen molar-refractivity contribution in [1.29, 1.82) is 0 Å². The number of anilines is 2. The van der Waals surface area contributed by atoms with Gasteiger partial charge in [0.15, 0.2) is 0 Å². The van der Waals surface area contributed by atoms with Crippen LogP contribution in [0, 0.1) is 0 Å². The quantitative estimate of drug-likeness (QED) is 0.794. The maximum absolute atomic E-state index is 3.46. The van der Waals surface area contributed by atoms with Gasteiger partial charge in [-0.05, 0) is 44.5 Å². The third-order valence-electron chi connectivity index (χ3n) is 2.81. The van der Waals surface area contributed by atoms with Crippen molar-refractivity contribution in [2.45, 2.75) is 33.2 Å². The first-order chi connectivity index (χ1) is 7.17. The second kappa shape index (κ2) is 5.64. The maximum Gasteiger partial charge on any atom is 0.0365 e. The molecule has 0 bridgehead atoms. The SMILES string of the molecule is CC[C@@H](C)Nc1ccc(N(C)CC)cc1. The van der Waals surface area contributed by atoms with E-state index in [1.165, 1.54) is 11.4 Å². The Morgan fingerprint density at radius 3 is 2.27 bits per heavy atom. The highest BCUT2D eigenvalue weighted by Gasteiger charge is 2.00. The molecule has 0 saturated heterocycles. The zero-order valence-electron chi connectivity index (χ0n) is 10.2. The van der Waals surface area contributed by atoms with Crippen molar-refractivity contribution in [3.8, 4) is 0 Å². The number of rotatable bonds is 5. The lowest BCUT2D eigenvalue weighted by Crippen LogP contribution is -2.16. The first kappa shape index (κ1) is 11.9. The molecule has 0 aliphatic heterocycles. The Labute approximate surface area is 93.3 Å². The molecule has 0 fully saturated rings. The molecule has 0 saturated carbocycles. The summed E-state index contributed by atoms with van der Waals surface area (Å²) in [6.07, 6.45) is 1.15. The average Bonchev–Trinajstić information content (AvgIpc) is 2.29. The largest absolute Gasteiger partial charge is 0.383 e. The van der Waals surface area contributed by atoms with Crippen LogP contribution in [0.25, 0.3) is 0 Å². The van der Waals surface area contributed by atoms with E-state index in [4.69, 9.17) is 0 Å². The summed E-state index contributed by atoms with van der Waals surface area (Å²) in [5.74, 6) is 0. The van der Waals surface area contributed by atoms with Crippen molar-refractivity contribution >= 4 is 11.4 Å². The zero-order valence-corrected chi connectivity index (χ0v) is 10.2. The lowest BCUT2D eigenvalue weighted by molar-refractivity contribution is 0.764. The van der Waals surface area contributed by atoms with Crippen molar-refractivity contribution in [2.75, 3.05) is 23.8 Å². The van der Waals surface area contributed by atoms with Crippen LogP contribution in [0.5, 0.6) is 0 Å². The van der Waals surface area contributed by atoms with Gasteiger partial charge in [0.2, 0.25) is 0 Å². The molecule has 0 spiro atoms. The molecule has 0 aliphatic rings. The third-order valence-corrected chi connectivity index (χ3v) is 2.81. The average molecular weight is 206 g/mol. The fourth-order valence-corrected chi connectivity index (χ4v) is 1.38. The molecule has 1 aromatic rings. The summed E-state index contributed by atoms with van der Waals surface area (Å²) in [6.45, 7) is 7.59. The smallest absolute Gasteiger partial charge is 0.0365 e. The van der Waals surface area contributed by atoms with E-state index in [1.54, 1.807) is 0 Å². The zero-order chi connectivity index (χ0) is 11.3. The van der Waals surface area contributed by atoms with Gasteiger partial charge in [0.25, 0.3) is 0 Å². The molecule has 1 aromatic carbocycles. The second-order valence-corrected chi connectivity index (χ2v) is 4.01. The topological polar surface area (TPSA) is 15.3 Å². The van der Waals surface area contributed by atoms with Gasteiger partial charge in [0, 0.05) is 31.0 Å². The highest BCUT2D eigenvalue weighted by atomic mass is 15.1. The van der Waals surface area contributed by atoms with Crippen LogP contribution in [0.1, 0.15) is 27.2 Å². The number of hydrogen-bond acceptors (Lipinski definition) is 2. The molecule has 0 amide bonds. The monoisotopic (exact) mass is 206 g/mol. The molecule has 0 aromatic heterocycles. The first-order valence-corrected chi connectivity index (χ1v) is 5.75. The summed E-state index contributed by atoms with van der Waals surface area (Å²) >= 11 is 0. The minimum Gasteiger partial charge on any atom is -0.383 e. The summed E-state index contributed by atoms with van der Waals surface area (Å²) in [7, 11) is 2.11. The molecule has 0 heterocycles. The van der Waals surface area contributed by atoms with Crippen LogP contribution in [0.2, 0.25) is 0 Å². The lowest BCUT2D eigenvalue weighted by Gasteiger charge is -2.18. The number of nitrogens with one attached hydrogen (secondary N) is 1. The van der Waals surface area contributed by atoms with E-state index >= 15 is 0 Å². The third kappa shape index (κ3) is 3.46. The van der Waals surface area contributed by atoms with Crippen LogP contribution in [0.4, 0.5) is 11.4 Å². The standard InChI is InChI=1S/C13H22N2/c1-5-11(3)14-12-7-9-13(10-8-12)15(4)6-2/h7-11,14H,5-6H2,1-4H3/t11-/m1/s1. The maximum atomic E-state index is 3.46. The van der Waals surface area contributed by atoms with Crippen molar-refractivity contribution < 1.29 is 0 Å². The Hall–Kier alpha value is -1.18. The Morgan fingerprint density at radius 2 is 1.80 bits per heavy atom. The Balaban J connectivity index is 2.64. The number of benzene rings is 1. The summed E-state index contributed by atoms with van der Waals surface area (Å²) < 4.78 is 0. The number of hydrogen-bond donors (Lipinski definition) is 1. The Kier molecular flexibility index (Phi) is 4.47. The highest BCUT2D eigenvalue weighted by molar-refractivity contribution is 5.54. The summed E-state index contributed by atoms with van der Waals surface area (Å²) in [5, 5.41) is 3.46. The highest BCUT2D eigenvalue weighted by Crippen LogP contribution is 2.17. The normalized spacial score (nSPS) is 12.3. The van der Waals surface area contributed by atoms with Gasteiger partial charge in [0.1, 0.15) is 0 Å². The van der Waals surface area contributed by atoms with Crippen molar-refractivity contribution in [3.63, 3.8) is 0 Å². The molecule has 2 heteroatoms. The minimum atomic E-state index is 0.541. The van der Waals surface area contributed by atoms with E-state index in [-0.39, 0.29) is 0 Å². The molecule has 2 nitrogen and oxygen atoms in total. The van der Waals surface area contributed by atoms with E-state index in [9.17, 15) is 0 Å². The van der Waals surface area contributed by atoms with Gasteiger partial charge in [-0.1, -0.05) is 6.92 Å². The molecule has 0 aliphatic carbocycles. The van der Waals surface area contributed by atoms with Gasteiger partial charge >= 0.3 is 0 Å². The molecule has 0 unspecified atom stereocenters. The molecule has 1 rings (SSSR count). The van der Waals surface area contributed by atoms with Crippen LogP contribution in [0.15, 0.2) is 24.3 Å². The van der Waals surface area contributed by atoms with E-state index < -0.39 is 0 Å². The van der Waals surface area contributed by atoms with Gasteiger partial charge in [-0.25, -0.2) is 0 Å². The molecule has 15 heavy (non-hydrogen) atoms. The minimum absolute atomic E-state index is 0.541. The predicted octanol–water partition coefficient (Wildman–Crippen LogP) is 3.35. The Morgan fingerprint density at radius 1 is 1.20 bits per heavy atom. The fraction of sp³-hybridized carbons (Fsp3) is 0.538. The van der Waals surface area contributed by atoms with Gasteiger partial charge in [-0.15, -0.1) is 0 Å². The molecular weight excluding hydrogens is 184 g/mol. The fourth-order valence-electron chi connectivity index (χ4n) is 1.38. The van der Waals surface area contributed by atoms with Crippen LogP contribution in [0.3, 0.4) is 0 Å². The second-order valence-electron chi connectivity index (χ2n) is 4.01. The lowest BCUT2D eigenvalue weighted by atomic mass is 10.2. The van der Waals surface area contributed by atoms with Crippen LogP contribution in [-0.2, 0) is 0 Å². The van der Waals surface area contributed by atoms with Crippen molar-refractivity contribution in [2.24, 2.45) is 0 Å². The van der Waals surface area contributed by atoms with Gasteiger partial charge in [-0.2, -0.15) is 0 Å². The van der Waals surface area contributed by atoms with E-state index in [0.717, 1.165) is 13.0 Å². The van der Waals surface area contributed by atoms with Crippen LogP contribution < -0.4 is 10.2 Å². The van der Waals surface area contributed by atoms with Crippen molar-refractivity contribution in [3.05, 3.63) is 24.3 Å². The van der Waals surface area contributed by atoms with E-state index in [1.807, 2.05) is 0 Å². The summed E-state index contributed by atoms with van der Waals surface area (Å²) in [4.78, 5) is 2.23. The van der Waals surface area contributed by atoms with Crippen LogP contribution in [-0.4, -0.2) is 19.6 Å². The predicted molar refractivity (Wildman–Crippen MR) is 68.8 cm³/mol. The molecule has 1 N–H and O–H groups in total. The van der Waals surface area contributed by atoms with Gasteiger partial charge < -0.3 is 10.2 Å². The van der Waals surface area contributed by atoms with E-state index in [0.29, 0.717) is 6.04 Å². The molecule has 0 radical (unpaired) electrons. The molecule has 1 atom stereocenters. The summed E-state index contributed by atoms with van der Waals surface area (Å²) in [5.41, 5.74) is 2.48. The Bertz CT molecular complexity index is 279. The van der Waals surface area contributed by atoms with E-state index in [2.05, 4.69) is 62.3 Å². The van der Waals surface area contributed by atoms with Gasteiger partial charge in [-0.3, -0.25) is 0 Å². The van der Waals surface area contributed by atoms with Crippen molar-refractivity contribution in [1.82, 2.24) is 0 Å². The molecular formula is C13H22N2.